The van der Waals surface area contributed by atoms with E-state index in [2.05, 4.69) is 21.3 Å². The highest BCUT2D eigenvalue weighted by molar-refractivity contribution is 5.98. The molecule has 2 aliphatic carbocycles. The molecule has 5 rings (SSSR count). The van der Waals surface area contributed by atoms with Gasteiger partial charge in [0.2, 0.25) is 47.3 Å². The van der Waals surface area contributed by atoms with Gasteiger partial charge in [0.05, 0.1) is 6.54 Å². The number of carbonyl (C=O) groups is 10. The molecule has 0 aromatic heterocycles. The first-order valence-corrected chi connectivity index (χ1v) is 30.2. The maximum absolute atomic E-state index is 14.7. The Morgan fingerprint density at radius 3 is 1.56 bits per heavy atom. The van der Waals surface area contributed by atoms with Crippen molar-refractivity contribution in [3.05, 3.63) is 95.6 Å². The summed E-state index contributed by atoms with van der Waals surface area (Å²) in [6.45, 7) is 14.9. The molecule has 0 spiro atoms. The van der Waals surface area contributed by atoms with Gasteiger partial charge in [-0.2, -0.15) is 0 Å². The Hall–Kier alpha value is -7.84. The first-order chi connectivity index (χ1) is 40.5. The molecule has 9 amide bonds. The number of aliphatic carboxylic acids is 1. The number of hydrogen-bond donors (Lipinski definition) is 5. The fourth-order valence-corrected chi connectivity index (χ4v) is 11.4. The van der Waals surface area contributed by atoms with E-state index < -0.39 is 120 Å². The summed E-state index contributed by atoms with van der Waals surface area (Å²) in [4.78, 5) is 145. The number of ether oxygens (including phenoxy) is 1. The summed E-state index contributed by atoms with van der Waals surface area (Å²) >= 11 is 0. The average Bonchev–Trinajstić information content (AvgIpc) is 2.06. The molecule has 1 fully saturated rings. The van der Waals surface area contributed by atoms with E-state index in [-0.39, 0.29) is 49.5 Å². The minimum Gasteiger partial charge on any atom is -0.480 e. The summed E-state index contributed by atoms with van der Waals surface area (Å²) < 4.78 is 5.79. The minimum absolute atomic E-state index is 0.0197. The molecule has 2 aliphatic rings. The van der Waals surface area contributed by atoms with Crippen LogP contribution in [0.15, 0.2) is 78.9 Å². The molecule has 21 nitrogen and oxygen atoms in total. The monoisotopic (exact) mass is 1190 g/mol. The Morgan fingerprint density at radius 1 is 0.547 bits per heavy atom. The van der Waals surface area contributed by atoms with Crippen molar-refractivity contribution in [3.8, 4) is 11.1 Å². The molecular weight excluding hydrogens is 1100 g/mol. The fraction of sp³-hybridized carbons (Fsp3) is 0.569. The Labute approximate surface area is 507 Å². The number of carboxylic acids is 1. The van der Waals surface area contributed by atoms with Crippen LogP contribution in [0.25, 0.3) is 11.1 Å². The highest BCUT2D eigenvalue weighted by atomic mass is 16.6. The maximum atomic E-state index is 14.7. The number of fused-ring (bicyclic) bond motifs is 3. The number of hydrogen-bond acceptors (Lipinski definition) is 11. The molecule has 5 N–H and O–H groups in total. The zero-order valence-electron chi connectivity index (χ0n) is 52.8. The molecule has 0 bridgehead atoms. The van der Waals surface area contributed by atoms with Gasteiger partial charge in [-0.3, -0.25) is 43.3 Å². The summed E-state index contributed by atoms with van der Waals surface area (Å²) in [5.74, 6) is -7.25. The van der Waals surface area contributed by atoms with Crippen LogP contribution in [0, 0.1) is 23.7 Å². The smallest absolute Gasteiger partial charge is 0.410 e. The van der Waals surface area contributed by atoms with E-state index in [1.807, 2.05) is 76.2 Å². The quantitative estimate of drug-likeness (QED) is 0.0575. The van der Waals surface area contributed by atoms with Gasteiger partial charge in [-0.15, -0.1) is 0 Å². The van der Waals surface area contributed by atoms with Crippen molar-refractivity contribution in [2.75, 3.05) is 48.4 Å². The molecule has 21 heteroatoms. The third-order valence-corrected chi connectivity index (χ3v) is 16.8. The van der Waals surface area contributed by atoms with Crippen LogP contribution in [-0.4, -0.2) is 186 Å². The van der Waals surface area contributed by atoms with Crippen molar-refractivity contribution in [2.24, 2.45) is 23.7 Å². The van der Waals surface area contributed by atoms with Crippen LogP contribution in [-0.2, 0) is 54.3 Å². The molecule has 1 saturated carbocycles. The van der Waals surface area contributed by atoms with Crippen LogP contribution in [0.4, 0.5) is 4.79 Å². The lowest BCUT2D eigenvalue weighted by Gasteiger charge is -2.38. The van der Waals surface area contributed by atoms with Crippen molar-refractivity contribution in [1.82, 2.24) is 45.8 Å². The molecular formula is C65H93N9O12. The van der Waals surface area contributed by atoms with Gasteiger partial charge in [0, 0.05) is 47.6 Å². The van der Waals surface area contributed by atoms with Crippen LogP contribution in [0.2, 0.25) is 0 Å². The highest BCUT2D eigenvalue weighted by Gasteiger charge is 2.41. The van der Waals surface area contributed by atoms with Gasteiger partial charge < -0.3 is 50.7 Å². The van der Waals surface area contributed by atoms with E-state index in [1.54, 1.807) is 44.2 Å². The van der Waals surface area contributed by atoms with Crippen molar-refractivity contribution < 1.29 is 57.8 Å². The van der Waals surface area contributed by atoms with E-state index in [0.29, 0.717) is 18.4 Å². The predicted octanol–water partition coefficient (Wildman–Crippen LogP) is 5.83. The lowest BCUT2D eigenvalue weighted by Crippen LogP contribution is -2.61. The van der Waals surface area contributed by atoms with E-state index in [4.69, 9.17) is 4.74 Å². The SMILES string of the molecule is CC(C)C[C@H](NC(=O)[C@H](C)N(C)C(=O)OCC1c2ccccc2-c2ccccc21)C(=O)N(C)CC(=O)N(C)[C@@H](C)C(=O)N[C@@H](CC(C)C)C(=O)N(C)[C@@H](Cc1ccccc1)C(=O)N[C@@H](C)C(=O)N(C)[C@H](C(=O)N[C@@H](C(=O)O)C(C)C)C1CCCCC1. The first-order valence-electron chi connectivity index (χ1n) is 30.2. The second-order valence-corrected chi connectivity index (χ2v) is 24.6. The standard InChI is InChI=1S/C65H93N9O12/c1-38(2)33-51(67-58(77)43(9)72(12)65(85)86-37-50-48-31-23-21-29-46(48)47-30-22-24-32-49(47)50)62(81)70(10)36-54(75)71(11)42(8)57(76)68-52(34-39(3)4)63(82)73(13)53(35-44-25-17-15-18-26-44)59(78)66-41(7)61(80)74(14)56(45-27-19-16-20-28-45)60(79)69-55(40(5)6)64(83)84/h15,17-18,21-26,29-32,38-43,45,50-53,55-56H,16,19-20,27-28,33-37H2,1-14H3,(H,66,78)(H,67,77)(H,68,76)(H,69,79)(H,83,84)/t41-,42-,43-,51-,52-,53-,55+,56-/m0/s1. The molecule has 470 valence electrons. The van der Waals surface area contributed by atoms with Gasteiger partial charge in [-0.05, 0) is 97.9 Å². The molecule has 0 saturated heterocycles. The highest BCUT2D eigenvalue weighted by Crippen LogP contribution is 2.44. The van der Waals surface area contributed by atoms with E-state index >= 15 is 0 Å². The van der Waals surface area contributed by atoms with Crippen molar-refractivity contribution in [2.45, 2.75) is 168 Å². The number of nitrogens with zero attached hydrogens (tertiary/aromatic N) is 5. The Kier molecular flexibility index (Phi) is 25.3. The van der Waals surface area contributed by atoms with Gasteiger partial charge in [-0.25, -0.2) is 9.59 Å². The number of carbonyl (C=O) groups excluding carboxylic acids is 9. The Bertz CT molecular complexity index is 2830. The number of amides is 9. The number of benzene rings is 3. The van der Waals surface area contributed by atoms with Crippen molar-refractivity contribution >= 4 is 59.3 Å². The molecule has 0 heterocycles. The van der Waals surface area contributed by atoms with Gasteiger partial charge in [0.25, 0.3) is 0 Å². The summed E-state index contributed by atoms with van der Waals surface area (Å²) in [5, 5.41) is 20.9. The largest absolute Gasteiger partial charge is 0.480 e. The van der Waals surface area contributed by atoms with Crippen molar-refractivity contribution in [1.29, 1.82) is 0 Å². The molecule has 0 radical (unpaired) electrons. The van der Waals surface area contributed by atoms with Gasteiger partial charge >= 0.3 is 12.1 Å². The summed E-state index contributed by atoms with van der Waals surface area (Å²) in [6, 6.07) is 15.8. The van der Waals surface area contributed by atoms with Crippen LogP contribution in [0.5, 0.6) is 0 Å². The van der Waals surface area contributed by atoms with E-state index in [1.165, 1.54) is 70.7 Å². The predicted molar refractivity (Wildman–Crippen MR) is 327 cm³/mol. The number of likely N-dealkylation sites (N-methyl/N-ethyl adjacent to an activating group) is 5. The van der Waals surface area contributed by atoms with Crippen LogP contribution >= 0.6 is 0 Å². The summed E-state index contributed by atoms with van der Waals surface area (Å²) in [6.07, 6.45) is 3.59. The number of carboxylic acid groups (broad SMARTS) is 1. The molecule has 86 heavy (non-hydrogen) atoms. The number of nitrogens with one attached hydrogen (secondary N) is 4. The Morgan fingerprint density at radius 2 is 1.05 bits per heavy atom. The zero-order chi connectivity index (χ0) is 63.9. The van der Waals surface area contributed by atoms with Gasteiger partial charge in [0.15, 0.2) is 0 Å². The third-order valence-electron chi connectivity index (χ3n) is 16.8. The lowest BCUT2D eigenvalue weighted by molar-refractivity contribution is -0.148. The van der Waals surface area contributed by atoms with Crippen molar-refractivity contribution in [3.63, 3.8) is 0 Å². The van der Waals surface area contributed by atoms with Gasteiger partial charge in [-0.1, -0.05) is 140 Å². The molecule has 3 aromatic rings. The molecule has 0 unspecified atom stereocenters. The van der Waals surface area contributed by atoms with Crippen LogP contribution in [0.1, 0.15) is 130 Å². The molecule has 3 aromatic carbocycles. The maximum Gasteiger partial charge on any atom is 0.410 e. The number of rotatable bonds is 28. The Balaban J connectivity index is 1.23. The molecule has 0 aliphatic heterocycles. The topological polar surface area (TPSA) is 264 Å². The van der Waals surface area contributed by atoms with Crippen LogP contribution in [0.3, 0.4) is 0 Å². The van der Waals surface area contributed by atoms with Crippen LogP contribution < -0.4 is 21.3 Å². The lowest BCUT2D eigenvalue weighted by atomic mass is 9.82. The fourth-order valence-electron chi connectivity index (χ4n) is 11.4. The minimum atomic E-state index is -1.21. The average molecular weight is 1190 g/mol. The molecule has 8 atom stereocenters. The van der Waals surface area contributed by atoms with E-state index in [0.717, 1.165) is 51.3 Å². The summed E-state index contributed by atoms with van der Waals surface area (Å²) in [5.41, 5.74) is 4.92. The zero-order valence-corrected chi connectivity index (χ0v) is 52.8. The summed E-state index contributed by atoms with van der Waals surface area (Å²) in [7, 11) is 7.17. The second-order valence-electron chi connectivity index (χ2n) is 24.6. The van der Waals surface area contributed by atoms with E-state index in [9.17, 15) is 53.1 Å². The normalized spacial score (nSPS) is 15.9. The van der Waals surface area contributed by atoms with Gasteiger partial charge in [0.1, 0.15) is 54.9 Å². The first kappa shape index (κ1) is 68.9. The second kappa shape index (κ2) is 31.5. The third kappa shape index (κ3) is 17.9.